The first-order valence-electron chi connectivity index (χ1n) is 3.95. The number of carboxylic acids is 2. The van der Waals surface area contributed by atoms with Crippen LogP contribution in [0, 0.1) is 0 Å². The van der Waals surface area contributed by atoms with E-state index in [4.69, 9.17) is 10.8 Å². The standard InChI is InChI=1S/C7H12N2O6.2Na/c8-1-4(10)7(15)9(2-5(11)12)3-6(13)14;;/h4,10H,1-3,8H2,(H,11,12)(H,13,14);;/q;2*+1/p-2. The zero-order valence-corrected chi connectivity index (χ0v) is 13.7. The Balaban J connectivity index is -0.000000980. The number of nitrogens with zero attached hydrogens (tertiary/aromatic N) is 1. The Bertz CT molecular complexity index is 259. The van der Waals surface area contributed by atoms with Gasteiger partial charge in [0.15, 0.2) is 0 Å². The fraction of sp³-hybridized carbons (Fsp3) is 0.571. The van der Waals surface area contributed by atoms with Crippen molar-refractivity contribution in [1.82, 2.24) is 4.90 Å². The number of hydrogen-bond acceptors (Lipinski definition) is 7. The number of hydrogen-bond donors (Lipinski definition) is 2. The van der Waals surface area contributed by atoms with Crippen molar-refractivity contribution in [3.05, 3.63) is 0 Å². The molecule has 0 aliphatic heterocycles. The van der Waals surface area contributed by atoms with Crippen LogP contribution in [0.1, 0.15) is 0 Å². The molecule has 10 heteroatoms. The molecule has 0 aromatic heterocycles. The first-order chi connectivity index (χ1) is 6.88. The molecule has 0 spiro atoms. The summed E-state index contributed by atoms with van der Waals surface area (Å²) >= 11 is 0. The molecule has 0 rings (SSSR count). The van der Waals surface area contributed by atoms with Gasteiger partial charge in [0.1, 0.15) is 6.10 Å². The number of carboxylic acid groups (broad SMARTS) is 2. The minimum atomic E-state index is -1.64. The van der Waals surface area contributed by atoms with Crippen LogP contribution in [0.25, 0.3) is 0 Å². The summed E-state index contributed by atoms with van der Waals surface area (Å²) in [4.78, 5) is 31.9. The summed E-state index contributed by atoms with van der Waals surface area (Å²) < 4.78 is 0. The molecule has 0 fully saturated rings. The largest absolute Gasteiger partial charge is 1.00 e. The number of amides is 1. The molecule has 0 aromatic carbocycles. The van der Waals surface area contributed by atoms with Crippen LogP contribution >= 0.6 is 0 Å². The van der Waals surface area contributed by atoms with E-state index in [0.717, 1.165) is 0 Å². The molecular weight excluding hydrogens is 254 g/mol. The van der Waals surface area contributed by atoms with E-state index in [1.807, 2.05) is 0 Å². The van der Waals surface area contributed by atoms with Crippen LogP contribution in [0.3, 0.4) is 0 Å². The molecule has 8 nitrogen and oxygen atoms in total. The van der Waals surface area contributed by atoms with E-state index in [1.165, 1.54) is 0 Å². The minimum Gasteiger partial charge on any atom is -0.548 e. The van der Waals surface area contributed by atoms with Gasteiger partial charge < -0.3 is 35.5 Å². The van der Waals surface area contributed by atoms with Crippen molar-refractivity contribution >= 4 is 17.8 Å². The second-order valence-electron chi connectivity index (χ2n) is 2.69. The maximum atomic E-state index is 11.2. The van der Waals surface area contributed by atoms with Crippen molar-refractivity contribution in [2.75, 3.05) is 19.6 Å². The molecule has 0 saturated carbocycles. The summed E-state index contributed by atoms with van der Waals surface area (Å²) in [5, 5.41) is 29.3. The molecule has 1 amide bonds. The van der Waals surface area contributed by atoms with Crippen LogP contribution in [0.5, 0.6) is 0 Å². The normalized spacial score (nSPS) is 10.5. The number of carbonyl (C=O) groups excluding carboxylic acids is 3. The molecule has 0 aliphatic carbocycles. The molecular formula is C7H10N2Na2O6. The van der Waals surface area contributed by atoms with Crippen molar-refractivity contribution in [2.45, 2.75) is 6.10 Å². The van der Waals surface area contributed by atoms with E-state index in [0.29, 0.717) is 4.90 Å². The fourth-order valence-electron chi connectivity index (χ4n) is 0.835. The van der Waals surface area contributed by atoms with E-state index in [-0.39, 0.29) is 59.1 Å². The maximum absolute atomic E-state index is 11.2. The molecule has 17 heavy (non-hydrogen) atoms. The van der Waals surface area contributed by atoms with Crippen molar-refractivity contribution in [3.8, 4) is 0 Å². The van der Waals surface area contributed by atoms with E-state index in [2.05, 4.69) is 0 Å². The zero-order valence-electron chi connectivity index (χ0n) is 9.71. The Morgan fingerprint density at radius 3 is 1.71 bits per heavy atom. The first kappa shape index (κ1) is 22.5. The third kappa shape index (κ3) is 9.98. The second kappa shape index (κ2) is 11.4. The van der Waals surface area contributed by atoms with Gasteiger partial charge in [-0.15, -0.1) is 0 Å². The van der Waals surface area contributed by atoms with Gasteiger partial charge in [-0.3, -0.25) is 4.79 Å². The SMILES string of the molecule is NCC(O)C(=O)N(CC(=O)[O-])CC(=O)[O-].[Na+].[Na+]. The summed E-state index contributed by atoms with van der Waals surface area (Å²) in [6.45, 7) is -2.32. The molecule has 0 heterocycles. The van der Waals surface area contributed by atoms with Gasteiger partial charge in [0.25, 0.3) is 5.91 Å². The molecule has 0 aromatic rings. The molecule has 86 valence electrons. The third-order valence-electron chi connectivity index (χ3n) is 1.46. The van der Waals surface area contributed by atoms with E-state index >= 15 is 0 Å². The van der Waals surface area contributed by atoms with Crippen LogP contribution in [0.2, 0.25) is 0 Å². The third-order valence-corrected chi connectivity index (χ3v) is 1.46. The van der Waals surface area contributed by atoms with Gasteiger partial charge in [0.2, 0.25) is 0 Å². The monoisotopic (exact) mass is 264 g/mol. The van der Waals surface area contributed by atoms with Gasteiger partial charge in [0, 0.05) is 6.54 Å². The molecule has 0 bridgehead atoms. The Kier molecular flexibility index (Phi) is 15.1. The predicted molar refractivity (Wildman–Crippen MR) is 41.7 cm³/mol. The van der Waals surface area contributed by atoms with Crippen molar-refractivity contribution in [3.63, 3.8) is 0 Å². The van der Waals surface area contributed by atoms with E-state index in [1.54, 1.807) is 0 Å². The molecule has 3 N–H and O–H groups in total. The Labute approximate surface area is 142 Å². The van der Waals surface area contributed by atoms with Crippen molar-refractivity contribution in [2.24, 2.45) is 5.73 Å². The van der Waals surface area contributed by atoms with Gasteiger partial charge in [-0.25, -0.2) is 0 Å². The number of rotatable bonds is 6. The molecule has 1 unspecified atom stereocenters. The molecule has 0 radical (unpaired) electrons. The van der Waals surface area contributed by atoms with Crippen molar-refractivity contribution < 1.29 is 88.8 Å². The molecule has 1 atom stereocenters. The predicted octanol–water partition coefficient (Wildman–Crippen LogP) is -11.4. The summed E-state index contributed by atoms with van der Waals surface area (Å²) in [6.07, 6.45) is -1.64. The maximum Gasteiger partial charge on any atom is 1.00 e. The topological polar surface area (TPSA) is 147 Å². The average Bonchev–Trinajstić information content (AvgIpc) is 2.13. The van der Waals surface area contributed by atoms with Crippen LogP contribution in [0.4, 0.5) is 0 Å². The summed E-state index contributed by atoms with van der Waals surface area (Å²) in [5.74, 6) is -4.38. The zero-order chi connectivity index (χ0) is 12.0. The van der Waals surface area contributed by atoms with Crippen LogP contribution < -0.4 is 75.1 Å². The average molecular weight is 264 g/mol. The van der Waals surface area contributed by atoms with Crippen molar-refractivity contribution in [1.29, 1.82) is 0 Å². The molecule has 0 saturated heterocycles. The van der Waals surface area contributed by atoms with Crippen LogP contribution in [-0.4, -0.2) is 53.6 Å². The Hall–Kier alpha value is 0.330. The smallest absolute Gasteiger partial charge is 0.548 e. The number of nitrogens with two attached hydrogens (primary N) is 1. The van der Waals surface area contributed by atoms with E-state index < -0.39 is 43.6 Å². The summed E-state index contributed by atoms with van der Waals surface area (Å²) in [7, 11) is 0. The summed E-state index contributed by atoms with van der Waals surface area (Å²) in [5.41, 5.74) is 4.95. The fourth-order valence-corrected chi connectivity index (χ4v) is 0.835. The quantitative estimate of drug-likeness (QED) is 0.452. The van der Waals surface area contributed by atoms with Gasteiger partial charge in [-0.05, 0) is 0 Å². The number of aliphatic hydroxyl groups excluding tert-OH is 1. The minimum absolute atomic E-state index is 0. The van der Waals surface area contributed by atoms with Gasteiger partial charge in [-0.2, -0.15) is 0 Å². The molecule has 0 aliphatic rings. The number of carbonyl (C=O) groups is 3. The summed E-state index contributed by atoms with van der Waals surface area (Å²) in [6, 6.07) is 0. The number of aliphatic hydroxyl groups is 1. The van der Waals surface area contributed by atoms with Gasteiger partial charge in [-0.1, -0.05) is 0 Å². The number of aliphatic carboxylic acids is 2. The van der Waals surface area contributed by atoms with Crippen LogP contribution in [-0.2, 0) is 14.4 Å². The first-order valence-corrected chi connectivity index (χ1v) is 3.95. The van der Waals surface area contributed by atoms with E-state index in [9.17, 15) is 24.6 Å². The van der Waals surface area contributed by atoms with Gasteiger partial charge >= 0.3 is 59.1 Å². The Morgan fingerprint density at radius 2 is 1.47 bits per heavy atom. The van der Waals surface area contributed by atoms with Gasteiger partial charge in [0.05, 0.1) is 25.0 Å². The second-order valence-corrected chi connectivity index (χ2v) is 2.69. The van der Waals surface area contributed by atoms with Crippen LogP contribution in [0.15, 0.2) is 0 Å². The Morgan fingerprint density at radius 1 is 1.12 bits per heavy atom.